The van der Waals surface area contributed by atoms with E-state index >= 15 is 0 Å². The molecule has 1 amide bonds. The van der Waals surface area contributed by atoms with Crippen molar-refractivity contribution in [3.05, 3.63) is 35.4 Å². The van der Waals surface area contributed by atoms with Gasteiger partial charge in [0.1, 0.15) is 0 Å². The van der Waals surface area contributed by atoms with Crippen LogP contribution in [0.3, 0.4) is 0 Å². The molecule has 0 unspecified atom stereocenters. The molecule has 1 heterocycles. The fourth-order valence-corrected chi connectivity index (χ4v) is 3.12. The van der Waals surface area contributed by atoms with Gasteiger partial charge in [0.25, 0.3) is 0 Å². The highest BCUT2D eigenvalue weighted by molar-refractivity contribution is 5.80. The fraction of sp³-hybridized carbons (Fsp3) is 0.600. The van der Waals surface area contributed by atoms with Crippen molar-refractivity contribution in [2.45, 2.75) is 38.9 Å². The highest BCUT2D eigenvalue weighted by Gasteiger charge is 2.23. The molecular weight excluding hydrogens is 342 g/mol. The van der Waals surface area contributed by atoms with E-state index in [4.69, 9.17) is 4.74 Å². The number of ether oxygens (including phenoxy) is 1. The summed E-state index contributed by atoms with van der Waals surface area (Å²) in [4.78, 5) is 20.0. The Morgan fingerprint density at radius 2 is 1.85 bits per heavy atom. The molecule has 0 bridgehead atoms. The molecule has 0 atom stereocenters. The number of likely N-dealkylation sites (tertiary alicyclic amines) is 1. The molecule has 2 rings (SSSR count). The predicted octanol–water partition coefficient (Wildman–Crippen LogP) is 2.03. The van der Waals surface area contributed by atoms with Crippen LogP contribution in [-0.2, 0) is 17.8 Å². The standard InChI is InChI=1S/C20H33N5O2/c1-5-27-20(26)25-12-10-18(11-13-25)23-19(21-2)22-14-16-6-8-17(9-7-16)15-24(3)4/h6-9,18H,5,10-15H2,1-4H3,(H2,21,22,23). The first-order valence-corrected chi connectivity index (χ1v) is 9.63. The molecule has 1 aliphatic heterocycles. The second kappa shape index (κ2) is 10.8. The maximum Gasteiger partial charge on any atom is 0.409 e. The average Bonchev–Trinajstić information content (AvgIpc) is 2.66. The van der Waals surface area contributed by atoms with Gasteiger partial charge >= 0.3 is 6.09 Å². The van der Waals surface area contributed by atoms with Gasteiger partial charge in [-0.2, -0.15) is 0 Å². The lowest BCUT2D eigenvalue weighted by Gasteiger charge is -2.32. The van der Waals surface area contributed by atoms with Gasteiger partial charge in [-0.25, -0.2) is 4.79 Å². The zero-order chi connectivity index (χ0) is 19.6. The van der Waals surface area contributed by atoms with Crippen molar-refractivity contribution in [2.75, 3.05) is 40.8 Å². The van der Waals surface area contributed by atoms with Gasteiger partial charge in [-0.3, -0.25) is 4.99 Å². The minimum Gasteiger partial charge on any atom is -0.450 e. The smallest absolute Gasteiger partial charge is 0.409 e. The third-order valence-electron chi connectivity index (χ3n) is 4.57. The van der Waals surface area contributed by atoms with E-state index in [1.807, 2.05) is 6.92 Å². The topological polar surface area (TPSA) is 69.2 Å². The lowest BCUT2D eigenvalue weighted by atomic mass is 10.1. The number of carbonyl (C=O) groups excluding carboxylic acids is 1. The van der Waals surface area contributed by atoms with Crippen LogP contribution in [0.1, 0.15) is 30.9 Å². The summed E-state index contributed by atoms with van der Waals surface area (Å²) in [5.74, 6) is 0.793. The first-order valence-electron chi connectivity index (χ1n) is 9.63. The summed E-state index contributed by atoms with van der Waals surface area (Å²) in [5.41, 5.74) is 2.53. The molecule has 7 heteroatoms. The quantitative estimate of drug-likeness (QED) is 0.588. The van der Waals surface area contributed by atoms with Crippen LogP contribution < -0.4 is 10.6 Å². The molecule has 0 spiro atoms. The molecule has 1 saturated heterocycles. The lowest BCUT2D eigenvalue weighted by Crippen LogP contribution is -2.49. The van der Waals surface area contributed by atoms with Crippen molar-refractivity contribution in [3.8, 4) is 0 Å². The summed E-state index contributed by atoms with van der Waals surface area (Å²) in [6.45, 7) is 5.34. The Bertz CT molecular complexity index is 607. The Morgan fingerprint density at radius 1 is 1.22 bits per heavy atom. The van der Waals surface area contributed by atoms with Crippen molar-refractivity contribution in [3.63, 3.8) is 0 Å². The highest BCUT2D eigenvalue weighted by atomic mass is 16.6. The second-order valence-corrected chi connectivity index (χ2v) is 7.08. The van der Waals surface area contributed by atoms with Crippen LogP contribution in [-0.4, -0.2) is 68.7 Å². The molecule has 7 nitrogen and oxygen atoms in total. The minimum atomic E-state index is -0.212. The van der Waals surface area contributed by atoms with Crippen LogP contribution in [0.15, 0.2) is 29.3 Å². The Hall–Kier alpha value is -2.28. The van der Waals surface area contributed by atoms with E-state index in [0.29, 0.717) is 25.7 Å². The third-order valence-corrected chi connectivity index (χ3v) is 4.57. The number of nitrogens with zero attached hydrogens (tertiary/aromatic N) is 3. The Morgan fingerprint density at radius 3 is 2.41 bits per heavy atom. The zero-order valence-corrected chi connectivity index (χ0v) is 17.0. The van der Waals surface area contributed by atoms with E-state index in [0.717, 1.165) is 31.9 Å². The summed E-state index contributed by atoms with van der Waals surface area (Å²) in [7, 11) is 5.92. The third kappa shape index (κ3) is 7.09. The molecule has 1 fully saturated rings. The summed E-state index contributed by atoms with van der Waals surface area (Å²) >= 11 is 0. The average molecular weight is 376 g/mol. The van der Waals surface area contributed by atoms with Crippen molar-refractivity contribution >= 4 is 12.1 Å². The molecule has 0 aromatic heterocycles. The predicted molar refractivity (Wildman–Crippen MR) is 109 cm³/mol. The van der Waals surface area contributed by atoms with Gasteiger partial charge in [0, 0.05) is 39.3 Å². The fourth-order valence-electron chi connectivity index (χ4n) is 3.12. The van der Waals surface area contributed by atoms with Gasteiger partial charge < -0.3 is 25.2 Å². The summed E-state index contributed by atoms with van der Waals surface area (Å²) in [6, 6.07) is 8.94. The van der Waals surface area contributed by atoms with Gasteiger partial charge in [-0.1, -0.05) is 24.3 Å². The van der Waals surface area contributed by atoms with E-state index in [1.54, 1.807) is 11.9 Å². The summed E-state index contributed by atoms with van der Waals surface area (Å²) < 4.78 is 5.06. The molecule has 0 aliphatic carbocycles. The maximum atomic E-state index is 11.8. The van der Waals surface area contributed by atoms with Gasteiger partial charge in [0.2, 0.25) is 0 Å². The van der Waals surface area contributed by atoms with E-state index in [-0.39, 0.29) is 6.09 Å². The maximum absolute atomic E-state index is 11.8. The Balaban J connectivity index is 1.75. The number of amides is 1. The van der Waals surface area contributed by atoms with E-state index in [1.165, 1.54) is 11.1 Å². The van der Waals surface area contributed by atoms with Gasteiger partial charge in [0.05, 0.1) is 6.61 Å². The van der Waals surface area contributed by atoms with Gasteiger partial charge in [0.15, 0.2) is 5.96 Å². The molecule has 27 heavy (non-hydrogen) atoms. The first-order chi connectivity index (χ1) is 13.0. The molecular formula is C20H33N5O2. The molecule has 1 aromatic rings. The van der Waals surface area contributed by atoms with Crippen LogP contribution in [0, 0.1) is 0 Å². The van der Waals surface area contributed by atoms with Gasteiger partial charge in [-0.05, 0) is 45.0 Å². The number of carbonyl (C=O) groups is 1. The molecule has 0 saturated carbocycles. The number of aliphatic imine (C=N–C) groups is 1. The van der Waals surface area contributed by atoms with Crippen LogP contribution in [0.2, 0.25) is 0 Å². The van der Waals surface area contributed by atoms with Gasteiger partial charge in [-0.15, -0.1) is 0 Å². The number of guanidine groups is 1. The SMILES string of the molecule is CCOC(=O)N1CCC(NC(=NC)NCc2ccc(CN(C)C)cc2)CC1. The van der Waals surface area contributed by atoms with Crippen LogP contribution in [0.25, 0.3) is 0 Å². The molecule has 2 N–H and O–H groups in total. The van der Waals surface area contributed by atoms with E-state index < -0.39 is 0 Å². The minimum absolute atomic E-state index is 0.212. The number of hydrogen-bond acceptors (Lipinski definition) is 4. The number of piperidine rings is 1. The van der Waals surface area contributed by atoms with E-state index in [9.17, 15) is 4.79 Å². The van der Waals surface area contributed by atoms with Crippen molar-refractivity contribution < 1.29 is 9.53 Å². The number of rotatable bonds is 6. The zero-order valence-electron chi connectivity index (χ0n) is 17.0. The molecule has 1 aliphatic rings. The second-order valence-electron chi connectivity index (χ2n) is 7.08. The largest absolute Gasteiger partial charge is 0.450 e. The molecule has 150 valence electrons. The normalized spacial score (nSPS) is 15.7. The Labute approximate surface area is 162 Å². The van der Waals surface area contributed by atoms with Crippen LogP contribution >= 0.6 is 0 Å². The van der Waals surface area contributed by atoms with Crippen molar-refractivity contribution in [2.24, 2.45) is 4.99 Å². The van der Waals surface area contributed by atoms with Crippen molar-refractivity contribution in [1.82, 2.24) is 20.4 Å². The van der Waals surface area contributed by atoms with Crippen molar-refractivity contribution in [1.29, 1.82) is 0 Å². The summed E-state index contributed by atoms with van der Waals surface area (Å²) in [5, 5.41) is 6.83. The number of benzene rings is 1. The Kier molecular flexibility index (Phi) is 8.39. The number of nitrogens with one attached hydrogen (secondary N) is 2. The first kappa shape index (κ1) is 21.0. The monoisotopic (exact) mass is 375 g/mol. The van der Waals surface area contributed by atoms with Crippen LogP contribution in [0.5, 0.6) is 0 Å². The molecule has 0 radical (unpaired) electrons. The van der Waals surface area contributed by atoms with E-state index in [2.05, 4.69) is 58.9 Å². The highest BCUT2D eigenvalue weighted by Crippen LogP contribution is 2.11. The lowest BCUT2D eigenvalue weighted by molar-refractivity contribution is 0.0963. The summed E-state index contributed by atoms with van der Waals surface area (Å²) in [6.07, 6.45) is 1.56. The molecule has 1 aromatic carbocycles. The number of hydrogen-bond donors (Lipinski definition) is 2. The van der Waals surface area contributed by atoms with Crippen LogP contribution in [0.4, 0.5) is 4.79 Å².